The van der Waals surface area contributed by atoms with Gasteiger partial charge < -0.3 is 14.8 Å². The topological polar surface area (TPSA) is 137 Å². The van der Waals surface area contributed by atoms with Gasteiger partial charge >= 0.3 is 11.8 Å². The molecule has 0 spiro atoms. The lowest BCUT2D eigenvalue weighted by Crippen LogP contribution is -2.26. The van der Waals surface area contributed by atoms with Crippen LogP contribution in [0.5, 0.6) is 0 Å². The SMILES string of the molecule is COCCNC(=O)c1nnc(CCCCn2ccc(NC(=O)OCc3ccccc3)nc2=O)s1. The smallest absolute Gasteiger partial charge is 0.413 e. The van der Waals surface area contributed by atoms with E-state index in [4.69, 9.17) is 9.47 Å². The lowest BCUT2D eigenvalue weighted by atomic mass is 10.2. The maximum atomic E-state index is 12.2. The van der Waals surface area contributed by atoms with Gasteiger partial charge in [0.25, 0.3) is 5.91 Å². The number of amides is 2. The first-order valence-electron chi connectivity index (χ1n) is 10.7. The molecule has 0 bridgehead atoms. The van der Waals surface area contributed by atoms with Crippen LogP contribution in [0.2, 0.25) is 0 Å². The fourth-order valence-electron chi connectivity index (χ4n) is 2.88. The fourth-order valence-corrected chi connectivity index (χ4v) is 3.68. The number of ether oxygens (including phenoxy) is 2. The van der Waals surface area contributed by atoms with Crippen LogP contribution in [0, 0.1) is 0 Å². The predicted molar refractivity (Wildman–Crippen MR) is 126 cm³/mol. The molecule has 0 unspecified atom stereocenters. The van der Waals surface area contributed by atoms with E-state index in [1.165, 1.54) is 15.9 Å². The molecule has 0 aliphatic carbocycles. The van der Waals surface area contributed by atoms with Gasteiger partial charge in [0.1, 0.15) is 17.4 Å². The first kappa shape index (κ1) is 25.0. The Labute approximate surface area is 200 Å². The van der Waals surface area contributed by atoms with Gasteiger partial charge in [0.15, 0.2) is 0 Å². The van der Waals surface area contributed by atoms with Crippen LogP contribution in [0.25, 0.3) is 0 Å². The summed E-state index contributed by atoms with van der Waals surface area (Å²) in [6.45, 7) is 1.43. The maximum absolute atomic E-state index is 12.2. The maximum Gasteiger partial charge on any atom is 0.413 e. The van der Waals surface area contributed by atoms with E-state index in [-0.39, 0.29) is 18.3 Å². The van der Waals surface area contributed by atoms with Crippen LogP contribution < -0.4 is 16.3 Å². The second-order valence-electron chi connectivity index (χ2n) is 7.18. The number of hydrogen-bond donors (Lipinski definition) is 2. The van der Waals surface area contributed by atoms with Crippen molar-refractivity contribution in [1.82, 2.24) is 25.1 Å². The Bertz CT molecular complexity index is 1130. The van der Waals surface area contributed by atoms with Gasteiger partial charge in [-0.2, -0.15) is 4.98 Å². The summed E-state index contributed by atoms with van der Waals surface area (Å²) in [5.41, 5.74) is 0.392. The number of anilines is 1. The molecule has 180 valence electrons. The van der Waals surface area contributed by atoms with E-state index in [0.717, 1.165) is 17.0 Å². The number of benzene rings is 1. The molecule has 11 nitrogen and oxygen atoms in total. The van der Waals surface area contributed by atoms with Crippen LogP contribution in [-0.4, -0.2) is 52.0 Å². The summed E-state index contributed by atoms with van der Waals surface area (Å²) >= 11 is 1.25. The highest BCUT2D eigenvalue weighted by Gasteiger charge is 2.12. The lowest BCUT2D eigenvalue weighted by molar-refractivity contribution is 0.0936. The third-order valence-electron chi connectivity index (χ3n) is 4.61. The average Bonchev–Trinajstić information content (AvgIpc) is 3.31. The molecule has 1 aromatic carbocycles. The van der Waals surface area contributed by atoms with Crippen molar-refractivity contribution in [3.05, 3.63) is 68.7 Å². The fraction of sp³-hybridized carbons (Fsp3) is 0.364. The van der Waals surface area contributed by atoms with Crippen molar-refractivity contribution in [3.8, 4) is 0 Å². The quantitative estimate of drug-likeness (QED) is 0.372. The summed E-state index contributed by atoms with van der Waals surface area (Å²) in [5.74, 6) is -0.138. The molecule has 2 N–H and O–H groups in total. The van der Waals surface area contributed by atoms with Gasteiger partial charge in [0.2, 0.25) is 5.01 Å². The summed E-state index contributed by atoms with van der Waals surface area (Å²) in [6.07, 6.45) is 3.02. The molecule has 0 aliphatic rings. The van der Waals surface area contributed by atoms with Crippen molar-refractivity contribution in [2.45, 2.75) is 32.4 Å². The zero-order valence-electron chi connectivity index (χ0n) is 18.7. The highest BCUT2D eigenvalue weighted by molar-refractivity contribution is 7.13. The van der Waals surface area contributed by atoms with Crippen LogP contribution in [0.15, 0.2) is 47.4 Å². The summed E-state index contributed by atoms with van der Waals surface area (Å²) < 4.78 is 11.5. The zero-order chi connectivity index (χ0) is 24.2. The number of nitrogens with zero attached hydrogens (tertiary/aromatic N) is 4. The number of hydrogen-bond acceptors (Lipinski definition) is 9. The van der Waals surface area contributed by atoms with Crippen molar-refractivity contribution in [2.24, 2.45) is 0 Å². The van der Waals surface area contributed by atoms with Crippen molar-refractivity contribution in [3.63, 3.8) is 0 Å². The van der Waals surface area contributed by atoms with Gasteiger partial charge in [-0.3, -0.25) is 14.7 Å². The molecule has 0 aliphatic heterocycles. The molecule has 0 radical (unpaired) electrons. The van der Waals surface area contributed by atoms with Gasteiger partial charge in [-0.1, -0.05) is 41.7 Å². The number of unbranched alkanes of at least 4 members (excludes halogenated alkanes) is 1. The van der Waals surface area contributed by atoms with Crippen LogP contribution in [0.4, 0.5) is 10.6 Å². The number of aromatic nitrogens is 4. The molecular formula is C22H26N6O5S. The number of methoxy groups -OCH3 is 1. The minimum Gasteiger partial charge on any atom is -0.444 e. The largest absolute Gasteiger partial charge is 0.444 e. The number of rotatable bonds is 12. The third kappa shape index (κ3) is 8.05. The molecule has 2 aromatic heterocycles. The lowest BCUT2D eigenvalue weighted by Gasteiger charge is -2.08. The zero-order valence-corrected chi connectivity index (χ0v) is 19.5. The highest BCUT2D eigenvalue weighted by atomic mass is 32.1. The van der Waals surface area contributed by atoms with E-state index in [0.29, 0.717) is 37.5 Å². The highest BCUT2D eigenvalue weighted by Crippen LogP contribution is 2.13. The van der Waals surface area contributed by atoms with E-state index in [1.807, 2.05) is 30.3 Å². The average molecular weight is 487 g/mol. The number of carbonyl (C=O) groups excluding carboxylic acids is 2. The van der Waals surface area contributed by atoms with E-state index >= 15 is 0 Å². The molecule has 0 fully saturated rings. The van der Waals surface area contributed by atoms with E-state index in [9.17, 15) is 14.4 Å². The second-order valence-corrected chi connectivity index (χ2v) is 8.24. The van der Waals surface area contributed by atoms with Crippen molar-refractivity contribution < 1.29 is 19.1 Å². The Balaban J connectivity index is 1.39. The van der Waals surface area contributed by atoms with Crippen molar-refractivity contribution >= 4 is 29.2 Å². The molecule has 0 saturated carbocycles. The molecule has 0 atom stereocenters. The van der Waals surface area contributed by atoms with Crippen molar-refractivity contribution in [1.29, 1.82) is 0 Å². The molecule has 0 saturated heterocycles. The van der Waals surface area contributed by atoms with Crippen LogP contribution >= 0.6 is 11.3 Å². The summed E-state index contributed by atoms with van der Waals surface area (Å²) in [6, 6.07) is 10.8. The summed E-state index contributed by atoms with van der Waals surface area (Å²) in [7, 11) is 1.56. The Morgan fingerprint density at radius 3 is 2.71 bits per heavy atom. The van der Waals surface area contributed by atoms with Gasteiger partial charge in [0.05, 0.1) is 6.61 Å². The van der Waals surface area contributed by atoms with Gasteiger partial charge in [-0.15, -0.1) is 10.2 Å². The number of carbonyl (C=O) groups is 2. The Morgan fingerprint density at radius 2 is 1.94 bits per heavy atom. The van der Waals surface area contributed by atoms with E-state index in [1.54, 1.807) is 19.4 Å². The van der Waals surface area contributed by atoms with Gasteiger partial charge in [-0.05, 0) is 24.5 Å². The molecule has 12 heteroatoms. The van der Waals surface area contributed by atoms with Crippen LogP contribution in [0.3, 0.4) is 0 Å². The summed E-state index contributed by atoms with van der Waals surface area (Å²) in [5, 5.41) is 14.2. The van der Waals surface area contributed by atoms with Gasteiger partial charge in [0, 0.05) is 32.8 Å². The monoisotopic (exact) mass is 486 g/mol. The predicted octanol–water partition coefficient (Wildman–Crippen LogP) is 2.24. The second kappa shape index (κ2) is 13.2. The van der Waals surface area contributed by atoms with E-state index in [2.05, 4.69) is 25.8 Å². The Kier molecular flexibility index (Phi) is 9.67. The molecule has 3 aromatic rings. The Morgan fingerprint density at radius 1 is 1.12 bits per heavy atom. The standard InChI is InChI=1S/C22H26N6O5S/c1-32-14-11-23-19(29)20-27-26-18(34-20)9-5-6-12-28-13-10-17(24-21(28)30)25-22(31)33-15-16-7-3-2-4-8-16/h2-4,7-8,10,13H,5-6,9,11-12,14-15H2,1H3,(H,23,29)(H,24,25,30,31). The minimum atomic E-state index is -0.683. The normalized spacial score (nSPS) is 10.6. The molecule has 2 heterocycles. The third-order valence-corrected chi connectivity index (χ3v) is 5.59. The van der Waals surface area contributed by atoms with Crippen LogP contribution in [-0.2, 0) is 29.0 Å². The molecule has 3 rings (SSSR count). The number of aryl methyl sites for hydroxylation is 2. The molecule has 2 amide bonds. The Hall–Kier alpha value is -3.64. The van der Waals surface area contributed by atoms with Crippen molar-refractivity contribution in [2.75, 3.05) is 25.6 Å². The van der Waals surface area contributed by atoms with Crippen LogP contribution in [0.1, 0.15) is 33.2 Å². The first-order chi connectivity index (χ1) is 16.5. The number of nitrogens with one attached hydrogen (secondary N) is 2. The molecular weight excluding hydrogens is 460 g/mol. The van der Waals surface area contributed by atoms with Gasteiger partial charge in [-0.25, -0.2) is 9.59 Å². The first-order valence-corrected chi connectivity index (χ1v) is 11.5. The minimum absolute atomic E-state index is 0.123. The van der Waals surface area contributed by atoms with E-state index < -0.39 is 11.8 Å². The summed E-state index contributed by atoms with van der Waals surface area (Å²) in [4.78, 5) is 40.0. The molecule has 34 heavy (non-hydrogen) atoms.